The summed E-state index contributed by atoms with van der Waals surface area (Å²) in [7, 11) is 0. The average Bonchev–Trinajstić information content (AvgIpc) is 2.95. The lowest BCUT2D eigenvalue weighted by atomic mass is 10.0. The fourth-order valence-corrected chi connectivity index (χ4v) is 2.66. The molecule has 0 atom stereocenters. The molecule has 0 amide bonds. The maximum atomic E-state index is 11.8. The number of aliphatic imine (C=N–C) groups is 1. The van der Waals surface area contributed by atoms with Crippen molar-refractivity contribution in [2.75, 3.05) is 0 Å². The SMILES string of the molecule is O=c1oc(O)c(/C=C2\C=Nc3ccccc32)c2ccccc12. The Morgan fingerprint density at radius 1 is 1.00 bits per heavy atom. The van der Waals surface area contributed by atoms with Crippen molar-refractivity contribution >= 4 is 34.3 Å². The second-order valence-electron chi connectivity index (χ2n) is 5.03. The van der Waals surface area contributed by atoms with Gasteiger partial charge >= 0.3 is 5.63 Å². The molecule has 1 aliphatic heterocycles. The van der Waals surface area contributed by atoms with Crippen molar-refractivity contribution in [3.8, 4) is 5.95 Å². The normalized spacial score (nSPS) is 14.6. The zero-order valence-electron chi connectivity index (χ0n) is 11.5. The van der Waals surface area contributed by atoms with Crippen LogP contribution in [0.25, 0.3) is 22.4 Å². The third-order valence-corrected chi connectivity index (χ3v) is 3.71. The largest absolute Gasteiger partial charge is 0.480 e. The van der Waals surface area contributed by atoms with Crippen molar-refractivity contribution in [1.29, 1.82) is 0 Å². The first-order valence-corrected chi connectivity index (χ1v) is 6.84. The maximum absolute atomic E-state index is 11.8. The van der Waals surface area contributed by atoms with Gasteiger partial charge < -0.3 is 9.52 Å². The minimum atomic E-state index is -0.546. The van der Waals surface area contributed by atoms with E-state index in [4.69, 9.17) is 4.42 Å². The Morgan fingerprint density at radius 2 is 1.73 bits per heavy atom. The lowest BCUT2D eigenvalue weighted by molar-refractivity contribution is 0.312. The van der Waals surface area contributed by atoms with E-state index < -0.39 is 5.63 Å². The first-order valence-electron chi connectivity index (χ1n) is 6.84. The fourth-order valence-electron chi connectivity index (χ4n) is 2.66. The molecule has 4 nitrogen and oxygen atoms in total. The molecule has 3 aromatic rings. The lowest BCUT2D eigenvalue weighted by Crippen LogP contribution is -2.00. The molecule has 0 saturated heterocycles. The number of rotatable bonds is 1. The first-order chi connectivity index (χ1) is 10.7. The zero-order chi connectivity index (χ0) is 15.1. The number of benzene rings is 2. The summed E-state index contributed by atoms with van der Waals surface area (Å²) >= 11 is 0. The Morgan fingerprint density at radius 3 is 2.59 bits per heavy atom. The van der Waals surface area contributed by atoms with Crippen LogP contribution < -0.4 is 5.63 Å². The molecule has 4 rings (SSSR count). The van der Waals surface area contributed by atoms with Crippen molar-refractivity contribution in [2.24, 2.45) is 4.99 Å². The highest BCUT2D eigenvalue weighted by atomic mass is 16.5. The van der Waals surface area contributed by atoms with Gasteiger partial charge in [0.25, 0.3) is 5.95 Å². The van der Waals surface area contributed by atoms with Gasteiger partial charge in [0.15, 0.2) is 0 Å². The molecule has 0 unspecified atom stereocenters. The number of para-hydroxylation sites is 1. The summed E-state index contributed by atoms with van der Waals surface area (Å²) in [5.41, 5.74) is 2.67. The van der Waals surface area contributed by atoms with Gasteiger partial charge in [-0.05, 0) is 18.2 Å². The second-order valence-corrected chi connectivity index (χ2v) is 5.03. The van der Waals surface area contributed by atoms with E-state index in [9.17, 15) is 9.90 Å². The fraction of sp³-hybridized carbons (Fsp3) is 0. The number of allylic oxidation sites excluding steroid dienone is 1. The summed E-state index contributed by atoms with van der Waals surface area (Å²) in [6.07, 6.45) is 3.53. The van der Waals surface area contributed by atoms with E-state index in [1.165, 1.54) is 0 Å². The first kappa shape index (κ1) is 12.6. The van der Waals surface area contributed by atoms with Gasteiger partial charge in [0.1, 0.15) is 0 Å². The lowest BCUT2D eigenvalue weighted by Gasteiger charge is -2.04. The standard InChI is InChI=1S/C18H11NO3/c20-17-14-7-2-1-6-13(14)15(18(21)22-17)9-11-10-19-16-8-4-3-5-12(11)16/h1-10,21H/b11-9+. The maximum Gasteiger partial charge on any atom is 0.346 e. The number of fused-ring (bicyclic) bond motifs is 2. The van der Waals surface area contributed by atoms with Crippen LogP contribution in [0.3, 0.4) is 0 Å². The summed E-state index contributed by atoms with van der Waals surface area (Å²) < 4.78 is 4.93. The number of hydrogen-bond donors (Lipinski definition) is 1. The van der Waals surface area contributed by atoms with Crippen LogP contribution >= 0.6 is 0 Å². The Labute approximate surface area is 125 Å². The van der Waals surface area contributed by atoms with E-state index >= 15 is 0 Å². The molecule has 1 N–H and O–H groups in total. The minimum absolute atomic E-state index is 0.381. The molecule has 0 fully saturated rings. The van der Waals surface area contributed by atoms with E-state index in [0.717, 1.165) is 16.8 Å². The predicted octanol–water partition coefficient (Wildman–Crippen LogP) is 3.76. The van der Waals surface area contributed by atoms with E-state index in [0.29, 0.717) is 16.3 Å². The Kier molecular flexibility index (Phi) is 2.69. The molecule has 0 aliphatic carbocycles. The molecule has 1 aromatic heterocycles. The monoisotopic (exact) mass is 289 g/mol. The van der Waals surface area contributed by atoms with Gasteiger partial charge in [0.2, 0.25) is 0 Å². The molecule has 1 aliphatic rings. The molecule has 0 bridgehead atoms. The van der Waals surface area contributed by atoms with Crippen molar-refractivity contribution in [3.63, 3.8) is 0 Å². The van der Waals surface area contributed by atoms with Crippen LogP contribution in [0, 0.1) is 0 Å². The molecular formula is C18H11NO3. The second kappa shape index (κ2) is 4.70. The molecular weight excluding hydrogens is 278 g/mol. The van der Waals surface area contributed by atoms with E-state index in [2.05, 4.69) is 4.99 Å². The third kappa shape index (κ3) is 1.85. The Balaban J connectivity index is 1.99. The quantitative estimate of drug-likeness (QED) is 0.742. The summed E-state index contributed by atoms with van der Waals surface area (Å²) in [4.78, 5) is 16.2. The summed E-state index contributed by atoms with van der Waals surface area (Å²) in [5, 5.41) is 11.1. The highest BCUT2D eigenvalue weighted by molar-refractivity contribution is 6.22. The number of aromatic hydroxyl groups is 1. The van der Waals surface area contributed by atoms with Gasteiger partial charge in [-0.2, -0.15) is 0 Å². The van der Waals surface area contributed by atoms with Crippen LogP contribution in [0.2, 0.25) is 0 Å². The Bertz CT molecular complexity index is 1010. The van der Waals surface area contributed by atoms with Crippen LogP contribution in [0.4, 0.5) is 5.69 Å². The van der Waals surface area contributed by atoms with Gasteiger partial charge in [-0.15, -0.1) is 0 Å². The summed E-state index contributed by atoms with van der Waals surface area (Å²) in [5.74, 6) is -0.381. The van der Waals surface area contributed by atoms with Gasteiger partial charge in [0.05, 0.1) is 16.6 Å². The van der Waals surface area contributed by atoms with Crippen molar-refractivity contribution < 1.29 is 9.52 Å². The van der Waals surface area contributed by atoms with Crippen LogP contribution in [0.5, 0.6) is 5.95 Å². The van der Waals surface area contributed by atoms with Gasteiger partial charge in [-0.3, -0.25) is 4.99 Å². The molecule has 0 spiro atoms. The van der Waals surface area contributed by atoms with Crippen LogP contribution in [-0.4, -0.2) is 11.3 Å². The number of nitrogens with zero attached hydrogens (tertiary/aromatic N) is 1. The molecule has 0 saturated carbocycles. The van der Waals surface area contributed by atoms with E-state index in [-0.39, 0.29) is 5.95 Å². The molecule has 4 heteroatoms. The molecule has 2 aromatic carbocycles. The van der Waals surface area contributed by atoms with Crippen LogP contribution in [0.1, 0.15) is 11.1 Å². The van der Waals surface area contributed by atoms with Gasteiger partial charge in [-0.1, -0.05) is 36.4 Å². The highest BCUT2D eigenvalue weighted by Crippen LogP contribution is 2.35. The van der Waals surface area contributed by atoms with Crippen molar-refractivity contribution in [3.05, 3.63) is 70.1 Å². The smallest absolute Gasteiger partial charge is 0.346 e. The molecule has 2 heterocycles. The predicted molar refractivity (Wildman–Crippen MR) is 86.6 cm³/mol. The minimum Gasteiger partial charge on any atom is -0.480 e. The summed E-state index contributed by atoms with van der Waals surface area (Å²) in [6.45, 7) is 0. The van der Waals surface area contributed by atoms with Crippen LogP contribution in [-0.2, 0) is 0 Å². The third-order valence-electron chi connectivity index (χ3n) is 3.71. The topological polar surface area (TPSA) is 62.8 Å². The van der Waals surface area contributed by atoms with E-state index in [1.54, 1.807) is 30.5 Å². The number of hydrogen-bond acceptors (Lipinski definition) is 4. The zero-order valence-corrected chi connectivity index (χ0v) is 11.5. The molecule has 22 heavy (non-hydrogen) atoms. The Hall–Kier alpha value is -3.14. The van der Waals surface area contributed by atoms with Crippen LogP contribution in [0.15, 0.2) is 62.7 Å². The molecule has 106 valence electrons. The van der Waals surface area contributed by atoms with Gasteiger partial charge in [-0.25, -0.2) is 4.79 Å². The van der Waals surface area contributed by atoms with E-state index in [1.807, 2.05) is 30.3 Å². The highest BCUT2D eigenvalue weighted by Gasteiger charge is 2.15. The van der Waals surface area contributed by atoms with Gasteiger partial charge in [0, 0.05) is 22.7 Å². The summed E-state index contributed by atoms with van der Waals surface area (Å²) in [6, 6.07) is 14.8. The molecule has 0 radical (unpaired) electrons. The average molecular weight is 289 g/mol. The van der Waals surface area contributed by atoms with Crippen molar-refractivity contribution in [2.45, 2.75) is 0 Å². The van der Waals surface area contributed by atoms with Crippen molar-refractivity contribution in [1.82, 2.24) is 0 Å².